The number of aromatic nitrogens is 1. The summed E-state index contributed by atoms with van der Waals surface area (Å²) >= 11 is 0. The summed E-state index contributed by atoms with van der Waals surface area (Å²) in [5.41, 5.74) is 2.12. The summed E-state index contributed by atoms with van der Waals surface area (Å²) in [6, 6.07) is 10.9. The molecule has 0 spiro atoms. The quantitative estimate of drug-likeness (QED) is 0.721. The number of hydrogen-bond acceptors (Lipinski definition) is 6. The molecule has 31 heavy (non-hydrogen) atoms. The molecule has 2 aliphatic rings. The third kappa shape index (κ3) is 5.14. The Balaban J connectivity index is 1.35. The van der Waals surface area contributed by atoms with E-state index in [1.807, 2.05) is 11.0 Å². The van der Waals surface area contributed by atoms with Crippen molar-refractivity contribution in [1.82, 2.24) is 19.7 Å². The van der Waals surface area contributed by atoms with E-state index < -0.39 is 9.84 Å². The second-order valence-corrected chi connectivity index (χ2v) is 10.6. The van der Waals surface area contributed by atoms with Gasteiger partial charge in [-0.2, -0.15) is 0 Å². The molecule has 2 saturated heterocycles. The molecule has 7 nitrogen and oxygen atoms in total. The average molecular weight is 443 g/mol. The van der Waals surface area contributed by atoms with Gasteiger partial charge in [0, 0.05) is 50.2 Å². The van der Waals surface area contributed by atoms with Crippen LogP contribution in [0, 0.1) is 0 Å². The second-order valence-electron chi connectivity index (χ2n) is 8.59. The van der Waals surface area contributed by atoms with Crippen LogP contribution >= 0.6 is 0 Å². The molecule has 2 fully saturated rings. The topological polar surface area (TPSA) is 73.8 Å². The number of benzene rings is 1. The van der Waals surface area contributed by atoms with Crippen molar-refractivity contribution < 1.29 is 13.2 Å². The van der Waals surface area contributed by atoms with Crippen LogP contribution in [0.25, 0.3) is 11.3 Å². The number of rotatable bonds is 4. The Bertz CT molecular complexity index is 1010. The maximum atomic E-state index is 12.9. The van der Waals surface area contributed by atoms with Crippen LogP contribution in [0.15, 0.2) is 47.5 Å². The van der Waals surface area contributed by atoms with E-state index in [1.54, 1.807) is 36.5 Å². The molecular formula is C23H30N4O3S. The van der Waals surface area contributed by atoms with E-state index in [-0.39, 0.29) is 10.8 Å². The number of amides is 1. The van der Waals surface area contributed by atoms with Gasteiger partial charge in [-0.3, -0.25) is 14.7 Å². The van der Waals surface area contributed by atoms with Crippen LogP contribution in [-0.2, 0) is 9.84 Å². The zero-order valence-corrected chi connectivity index (χ0v) is 19.0. The highest BCUT2D eigenvalue weighted by Gasteiger charge is 2.28. The average Bonchev–Trinajstić information content (AvgIpc) is 2.79. The number of sulfone groups is 1. The van der Waals surface area contributed by atoms with Gasteiger partial charge >= 0.3 is 0 Å². The molecule has 1 amide bonds. The van der Waals surface area contributed by atoms with Crippen molar-refractivity contribution in [2.45, 2.75) is 23.8 Å². The fourth-order valence-corrected chi connectivity index (χ4v) is 5.03. The number of carbonyl (C=O) groups is 1. The summed E-state index contributed by atoms with van der Waals surface area (Å²) in [4.78, 5) is 24.5. The van der Waals surface area contributed by atoms with E-state index in [0.717, 1.165) is 44.8 Å². The molecule has 0 unspecified atom stereocenters. The molecule has 2 aromatic rings. The van der Waals surface area contributed by atoms with Crippen molar-refractivity contribution in [2.24, 2.45) is 0 Å². The Morgan fingerprint density at radius 1 is 0.935 bits per heavy atom. The standard InChI is InChI=1S/C23H30N4O3S/c1-25-11-9-20(10-12-25)26-13-15-27(16-14-26)23(28)19-5-8-22(24-17-19)18-3-6-21(7-4-18)31(2,29)30/h3-8,17,20H,9-16H2,1-2H3. The summed E-state index contributed by atoms with van der Waals surface area (Å²) in [7, 11) is -1.04. The van der Waals surface area contributed by atoms with Gasteiger partial charge in [-0.15, -0.1) is 0 Å². The predicted octanol–water partition coefficient (Wildman–Crippen LogP) is 2.00. The Hall–Kier alpha value is -2.29. The van der Waals surface area contributed by atoms with Gasteiger partial charge in [0.05, 0.1) is 16.2 Å². The molecule has 0 atom stereocenters. The van der Waals surface area contributed by atoms with Crippen molar-refractivity contribution >= 4 is 15.7 Å². The van der Waals surface area contributed by atoms with Gasteiger partial charge in [0.25, 0.3) is 5.91 Å². The number of nitrogens with zero attached hydrogens (tertiary/aromatic N) is 4. The largest absolute Gasteiger partial charge is 0.336 e. The molecule has 0 aliphatic carbocycles. The molecule has 2 aliphatic heterocycles. The maximum absolute atomic E-state index is 12.9. The summed E-state index contributed by atoms with van der Waals surface area (Å²) in [5.74, 6) is 0.0227. The first-order valence-corrected chi connectivity index (χ1v) is 12.7. The number of likely N-dealkylation sites (tertiary alicyclic amines) is 1. The Labute approximate surface area is 184 Å². The molecule has 1 aromatic heterocycles. The van der Waals surface area contributed by atoms with Crippen LogP contribution in [0.4, 0.5) is 0 Å². The molecular weight excluding hydrogens is 412 g/mol. The smallest absolute Gasteiger partial charge is 0.255 e. The number of piperidine rings is 1. The van der Waals surface area contributed by atoms with Gasteiger partial charge in [-0.25, -0.2) is 8.42 Å². The zero-order chi connectivity index (χ0) is 22.0. The fourth-order valence-electron chi connectivity index (χ4n) is 4.40. The minimum Gasteiger partial charge on any atom is -0.336 e. The lowest BCUT2D eigenvalue weighted by Gasteiger charge is -2.42. The predicted molar refractivity (Wildman–Crippen MR) is 121 cm³/mol. The van der Waals surface area contributed by atoms with Crippen LogP contribution in [-0.4, -0.2) is 92.6 Å². The first-order chi connectivity index (χ1) is 14.8. The van der Waals surface area contributed by atoms with Crippen molar-refractivity contribution in [3.05, 3.63) is 48.2 Å². The van der Waals surface area contributed by atoms with E-state index in [0.29, 0.717) is 17.3 Å². The molecule has 0 bridgehead atoms. The minimum absolute atomic E-state index is 0.0227. The fraction of sp³-hybridized carbons (Fsp3) is 0.478. The van der Waals surface area contributed by atoms with Crippen LogP contribution in [0.2, 0.25) is 0 Å². The van der Waals surface area contributed by atoms with Gasteiger partial charge in [0.15, 0.2) is 9.84 Å². The molecule has 0 radical (unpaired) electrons. The number of hydrogen-bond donors (Lipinski definition) is 0. The molecule has 8 heteroatoms. The van der Waals surface area contributed by atoms with E-state index >= 15 is 0 Å². The number of piperazine rings is 1. The lowest BCUT2D eigenvalue weighted by atomic mass is 10.0. The highest BCUT2D eigenvalue weighted by atomic mass is 32.2. The Morgan fingerprint density at radius 3 is 2.13 bits per heavy atom. The first-order valence-electron chi connectivity index (χ1n) is 10.8. The van der Waals surface area contributed by atoms with Crippen molar-refractivity contribution in [3.8, 4) is 11.3 Å². The van der Waals surface area contributed by atoms with E-state index in [2.05, 4.69) is 21.8 Å². The highest BCUT2D eigenvalue weighted by molar-refractivity contribution is 7.90. The molecule has 1 aromatic carbocycles. The maximum Gasteiger partial charge on any atom is 0.255 e. The van der Waals surface area contributed by atoms with E-state index in [9.17, 15) is 13.2 Å². The summed E-state index contributed by atoms with van der Waals surface area (Å²) in [5, 5.41) is 0. The van der Waals surface area contributed by atoms with Crippen LogP contribution in [0.3, 0.4) is 0 Å². The van der Waals surface area contributed by atoms with Crippen molar-refractivity contribution in [3.63, 3.8) is 0 Å². The van der Waals surface area contributed by atoms with Crippen LogP contribution in [0.1, 0.15) is 23.2 Å². The SMILES string of the molecule is CN1CCC(N2CCN(C(=O)c3ccc(-c4ccc(S(C)(=O)=O)cc4)nc3)CC2)CC1. The summed E-state index contributed by atoms with van der Waals surface area (Å²) in [6.45, 7) is 5.66. The van der Waals surface area contributed by atoms with Crippen LogP contribution in [0.5, 0.6) is 0 Å². The lowest BCUT2D eigenvalue weighted by molar-refractivity contribution is 0.0475. The molecule has 166 valence electrons. The number of carbonyl (C=O) groups excluding carboxylic acids is 1. The van der Waals surface area contributed by atoms with Crippen LogP contribution < -0.4 is 0 Å². The molecule has 3 heterocycles. The third-order valence-corrected chi connectivity index (χ3v) is 7.52. The lowest BCUT2D eigenvalue weighted by Crippen LogP contribution is -2.54. The van der Waals surface area contributed by atoms with E-state index in [1.165, 1.54) is 19.1 Å². The molecule has 4 rings (SSSR count). The number of pyridine rings is 1. The molecule has 0 N–H and O–H groups in total. The van der Waals surface area contributed by atoms with Gasteiger partial charge in [0.2, 0.25) is 0 Å². The summed E-state index contributed by atoms with van der Waals surface area (Å²) in [6.07, 6.45) is 5.22. The monoisotopic (exact) mass is 442 g/mol. The van der Waals surface area contributed by atoms with Crippen molar-refractivity contribution in [1.29, 1.82) is 0 Å². The van der Waals surface area contributed by atoms with Gasteiger partial charge in [-0.1, -0.05) is 12.1 Å². The molecule has 0 saturated carbocycles. The van der Waals surface area contributed by atoms with Crippen molar-refractivity contribution in [2.75, 3.05) is 52.6 Å². The Morgan fingerprint density at radius 2 is 1.58 bits per heavy atom. The third-order valence-electron chi connectivity index (χ3n) is 6.39. The van der Waals surface area contributed by atoms with E-state index in [4.69, 9.17) is 0 Å². The van der Waals surface area contributed by atoms with Gasteiger partial charge in [-0.05, 0) is 57.2 Å². The zero-order valence-electron chi connectivity index (χ0n) is 18.2. The van der Waals surface area contributed by atoms with Gasteiger partial charge in [0.1, 0.15) is 0 Å². The van der Waals surface area contributed by atoms with Gasteiger partial charge < -0.3 is 9.80 Å². The Kier molecular flexibility index (Phi) is 6.41. The first kappa shape index (κ1) is 21.9. The highest BCUT2D eigenvalue weighted by Crippen LogP contribution is 2.21. The normalized spacial score (nSPS) is 19.5. The minimum atomic E-state index is -3.22. The second kappa shape index (κ2) is 9.06. The summed E-state index contributed by atoms with van der Waals surface area (Å²) < 4.78 is 23.2.